The summed E-state index contributed by atoms with van der Waals surface area (Å²) < 4.78 is 5.58. The van der Waals surface area contributed by atoms with Crippen LogP contribution in [0.5, 0.6) is 0 Å². The van der Waals surface area contributed by atoms with Gasteiger partial charge in [-0.05, 0) is 36.5 Å². The smallest absolute Gasteiger partial charge is 0.248 e. The summed E-state index contributed by atoms with van der Waals surface area (Å²) in [6, 6.07) is 9.69. The van der Waals surface area contributed by atoms with Crippen molar-refractivity contribution in [2.45, 2.75) is 32.3 Å². The molecule has 1 aromatic rings. The zero-order chi connectivity index (χ0) is 15.0. The minimum Gasteiger partial charge on any atom is -0.376 e. The molecule has 0 saturated carbocycles. The van der Waals surface area contributed by atoms with Gasteiger partial charge in [-0.3, -0.25) is 4.79 Å². The van der Waals surface area contributed by atoms with Crippen molar-refractivity contribution in [1.82, 2.24) is 0 Å². The lowest BCUT2D eigenvalue weighted by Gasteiger charge is -2.23. The fourth-order valence-electron chi connectivity index (χ4n) is 2.30. The van der Waals surface area contributed by atoms with E-state index < -0.39 is 5.91 Å². The summed E-state index contributed by atoms with van der Waals surface area (Å²) in [5, 5.41) is 0. The molecular formula is C16H22N2O2. The van der Waals surface area contributed by atoms with Crippen LogP contribution in [0.3, 0.4) is 0 Å². The van der Waals surface area contributed by atoms with Crippen LogP contribution in [0, 0.1) is 17.9 Å². The molecule has 0 aliphatic rings. The van der Waals surface area contributed by atoms with E-state index in [1.165, 1.54) is 0 Å². The van der Waals surface area contributed by atoms with Gasteiger partial charge in [0.15, 0.2) is 0 Å². The number of hydrogen-bond acceptors (Lipinski definition) is 3. The van der Waals surface area contributed by atoms with Crippen LogP contribution in [0.1, 0.15) is 48.2 Å². The Kier molecular flexibility index (Phi) is 6.61. The normalized spacial score (nSPS) is 13.1. The number of primary amides is 1. The second kappa shape index (κ2) is 8.23. The molecule has 0 aliphatic heterocycles. The summed E-state index contributed by atoms with van der Waals surface area (Å²) in [6.07, 6.45) is 2.69. The number of carbonyl (C=O) groups is 1. The summed E-state index contributed by atoms with van der Waals surface area (Å²) in [5.41, 5.74) is 11.9. The molecule has 2 unspecified atom stereocenters. The van der Waals surface area contributed by atoms with Crippen LogP contribution in [0.25, 0.3) is 0 Å². The van der Waals surface area contributed by atoms with Gasteiger partial charge in [-0.25, -0.2) is 0 Å². The highest BCUT2D eigenvalue weighted by Crippen LogP contribution is 2.29. The van der Waals surface area contributed by atoms with Gasteiger partial charge in [0.25, 0.3) is 0 Å². The van der Waals surface area contributed by atoms with E-state index in [0.717, 1.165) is 24.8 Å². The van der Waals surface area contributed by atoms with Crippen LogP contribution in [-0.2, 0) is 4.74 Å². The highest BCUT2D eigenvalue weighted by atomic mass is 16.5. The lowest BCUT2D eigenvalue weighted by atomic mass is 9.91. The van der Waals surface area contributed by atoms with Crippen molar-refractivity contribution in [3.05, 3.63) is 35.4 Å². The standard InChI is InChI=1S/C16H22N2O2/c1-12(7-4-3-5-10-17)15(20-2)13-8-6-9-14(11-13)16(18)19/h6,8-9,11-12,15H,3-4,7,17H2,1-2H3,(H2,18,19). The Balaban J connectivity index is 2.75. The Morgan fingerprint density at radius 3 is 2.80 bits per heavy atom. The Hall–Kier alpha value is -1.99. The van der Waals surface area contributed by atoms with E-state index in [0.29, 0.717) is 11.5 Å². The first kappa shape index (κ1) is 16.1. The van der Waals surface area contributed by atoms with E-state index in [4.69, 9.17) is 16.2 Å². The number of rotatable bonds is 7. The molecule has 2 atom stereocenters. The molecule has 0 fully saturated rings. The molecule has 4 heteroatoms. The summed E-state index contributed by atoms with van der Waals surface area (Å²) in [7, 11) is 1.68. The average Bonchev–Trinajstić information content (AvgIpc) is 2.45. The average molecular weight is 274 g/mol. The molecule has 0 radical (unpaired) electrons. The summed E-state index contributed by atoms with van der Waals surface area (Å²) in [6.45, 7) is 2.13. The molecule has 0 saturated heterocycles. The van der Waals surface area contributed by atoms with Crippen molar-refractivity contribution in [3.63, 3.8) is 0 Å². The minimum absolute atomic E-state index is 0.0554. The van der Waals surface area contributed by atoms with Gasteiger partial charge in [-0.2, -0.15) is 0 Å². The Morgan fingerprint density at radius 1 is 1.45 bits per heavy atom. The fourth-order valence-corrected chi connectivity index (χ4v) is 2.30. The van der Waals surface area contributed by atoms with Gasteiger partial charge in [-0.15, -0.1) is 0 Å². The van der Waals surface area contributed by atoms with Crippen LogP contribution in [0.2, 0.25) is 0 Å². The fraction of sp³-hybridized carbons (Fsp3) is 0.438. The zero-order valence-corrected chi connectivity index (χ0v) is 12.1. The number of carbonyl (C=O) groups excluding carboxylic acids is 1. The second-order valence-corrected chi connectivity index (χ2v) is 4.84. The predicted octanol–water partition coefficient (Wildman–Crippen LogP) is 2.20. The van der Waals surface area contributed by atoms with Crippen molar-refractivity contribution in [2.75, 3.05) is 7.11 Å². The molecule has 0 aliphatic carbocycles. The maximum absolute atomic E-state index is 11.2. The molecule has 0 bridgehead atoms. The number of amides is 1. The predicted molar refractivity (Wildman–Crippen MR) is 79.7 cm³/mol. The topological polar surface area (TPSA) is 78.3 Å². The van der Waals surface area contributed by atoms with Crippen molar-refractivity contribution in [3.8, 4) is 12.0 Å². The van der Waals surface area contributed by atoms with Crippen LogP contribution < -0.4 is 11.5 Å². The highest BCUT2D eigenvalue weighted by Gasteiger charge is 2.19. The van der Waals surface area contributed by atoms with E-state index in [1.54, 1.807) is 19.2 Å². The molecule has 1 aromatic carbocycles. The van der Waals surface area contributed by atoms with E-state index in [2.05, 4.69) is 18.9 Å². The summed E-state index contributed by atoms with van der Waals surface area (Å²) in [5.74, 6) is 2.75. The molecule has 4 nitrogen and oxygen atoms in total. The second-order valence-electron chi connectivity index (χ2n) is 4.84. The van der Waals surface area contributed by atoms with E-state index in [9.17, 15) is 4.79 Å². The number of hydrogen-bond donors (Lipinski definition) is 2. The molecule has 0 heterocycles. The monoisotopic (exact) mass is 274 g/mol. The Labute approximate surface area is 120 Å². The summed E-state index contributed by atoms with van der Waals surface area (Å²) in [4.78, 5) is 11.2. The molecular weight excluding hydrogens is 252 g/mol. The summed E-state index contributed by atoms with van der Waals surface area (Å²) >= 11 is 0. The van der Waals surface area contributed by atoms with Crippen molar-refractivity contribution >= 4 is 5.91 Å². The molecule has 1 amide bonds. The molecule has 20 heavy (non-hydrogen) atoms. The van der Waals surface area contributed by atoms with Gasteiger partial charge in [0, 0.05) is 25.1 Å². The number of nitrogens with two attached hydrogens (primary N) is 2. The molecule has 0 spiro atoms. The third-order valence-corrected chi connectivity index (χ3v) is 3.33. The SMILES string of the molecule is COC(c1cccc(C(N)=O)c1)C(C)CCCC#CN. The van der Waals surface area contributed by atoms with Gasteiger partial charge in [0.1, 0.15) is 0 Å². The van der Waals surface area contributed by atoms with E-state index in [-0.39, 0.29) is 6.10 Å². The van der Waals surface area contributed by atoms with Crippen LogP contribution in [0.4, 0.5) is 0 Å². The Morgan fingerprint density at radius 2 is 2.20 bits per heavy atom. The van der Waals surface area contributed by atoms with Gasteiger partial charge < -0.3 is 16.2 Å². The molecule has 108 valence electrons. The first-order chi connectivity index (χ1) is 9.60. The number of unbranched alkanes of at least 4 members (excludes halogenated alkanes) is 1. The zero-order valence-electron chi connectivity index (χ0n) is 12.1. The van der Waals surface area contributed by atoms with Crippen LogP contribution in [0.15, 0.2) is 24.3 Å². The van der Waals surface area contributed by atoms with Crippen LogP contribution >= 0.6 is 0 Å². The molecule has 1 rings (SSSR count). The lowest BCUT2D eigenvalue weighted by Crippen LogP contribution is -2.15. The number of methoxy groups -OCH3 is 1. The highest BCUT2D eigenvalue weighted by molar-refractivity contribution is 5.92. The first-order valence-corrected chi connectivity index (χ1v) is 6.71. The van der Waals surface area contributed by atoms with Crippen molar-refractivity contribution in [2.24, 2.45) is 17.4 Å². The molecule has 0 aromatic heterocycles. The van der Waals surface area contributed by atoms with Crippen molar-refractivity contribution in [1.29, 1.82) is 0 Å². The van der Waals surface area contributed by atoms with Crippen molar-refractivity contribution < 1.29 is 9.53 Å². The third-order valence-electron chi connectivity index (χ3n) is 3.33. The largest absolute Gasteiger partial charge is 0.376 e. The van der Waals surface area contributed by atoms with E-state index >= 15 is 0 Å². The first-order valence-electron chi connectivity index (χ1n) is 6.71. The minimum atomic E-state index is -0.424. The number of ether oxygens (including phenoxy) is 1. The lowest BCUT2D eigenvalue weighted by molar-refractivity contribution is 0.0539. The third kappa shape index (κ3) is 4.60. The van der Waals surface area contributed by atoms with Crippen LogP contribution in [-0.4, -0.2) is 13.0 Å². The van der Waals surface area contributed by atoms with Gasteiger partial charge in [0.2, 0.25) is 5.91 Å². The quantitative estimate of drug-likeness (QED) is 0.454. The van der Waals surface area contributed by atoms with E-state index in [1.807, 2.05) is 12.1 Å². The van der Waals surface area contributed by atoms with Gasteiger partial charge in [0.05, 0.1) is 6.10 Å². The molecule has 4 N–H and O–H groups in total. The number of benzene rings is 1. The van der Waals surface area contributed by atoms with Gasteiger partial charge in [-0.1, -0.05) is 25.0 Å². The van der Waals surface area contributed by atoms with Gasteiger partial charge >= 0.3 is 0 Å². The Bertz CT molecular complexity index is 503. The maximum Gasteiger partial charge on any atom is 0.248 e. The maximum atomic E-state index is 11.2.